The molecule has 0 aliphatic rings. The van der Waals surface area contributed by atoms with Gasteiger partial charge in [-0.3, -0.25) is 9.36 Å². The zero-order valence-corrected chi connectivity index (χ0v) is 14.6. The van der Waals surface area contributed by atoms with Gasteiger partial charge in [0, 0.05) is 7.05 Å². The molecule has 5 nitrogen and oxygen atoms in total. The Hall–Kier alpha value is -1.38. The molecule has 22 heavy (non-hydrogen) atoms. The Morgan fingerprint density at radius 2 is 1.91 bits per heavy atom. The molecular weight excluding hydrogens is 336 g/mol. The van der Waals surface area contributed by atoms with Gasteiger partial charge in [0.15, 0.2) is 8.68 Å². The van der Waals surface area contributed by atoms with Crippen LogP contribution in [0.2, 0.25) is 0 Å². The standard InChI is InChI=1S/C14H14N4OS3/c1-3-20-13-16-17-14(22-13)21-8-11-15-10-7-5-4-6-9(10)12(19)18(11)2/h4-7H,3,8H2,1-2H3. The second-order valence-electron chi connectivity index (χ2n) is 4.46. The maximum Gasteiger partial charge on any atom is 0.261 e. The third-order valence-electron chi connectivity index (χ3n) is 3.06. The molecule has 0 saturated heterocycles. The highest BCUT2D eigenvalue weighted by Crippen LogP contribution is 2.30. The van der Waals surface area contributed by atoms with Gasteiger partial charge in [0.25, 0.3) is 5.56 Å². The highest BCUT2D eigenvalue weighted by molar-refractivity contribution is 8.02. The summed E-state index contributed by atoms with van der Waals surface area (Å²) in [7, 11) is 1.76. The summed E-state index contributed by atoms with van der Waals surface area (Å²) < 4.78 is 3.49. The van der Waals surface area contributed by atoms with E-state index in [0.717, 1.165) is 25.8 Å². The molecule has 0 radical (unpaired) electrons. The lowest BCUT2D eigenvalue weighted by Gasteiger charge is -2.07. The molecular formula is C14H14N4OS3. The molecule has 0 amide bonds. The number of rotatable bonds is 5. The van der Waals surface area contributed by atoms with Crippen molar-refractivity contribution < 1.29 is 0 Å². The first kappa shape index (κ1) is 15.5. The third-order valence-corrected chi connectivity index (χ3v) is 6.12. The van der Waals surface area contributed by atoms with E-state index >= 15 is 0 Å². The fourth-order valence-electron chi connectivity index (χ4n) is 1.96. The molecule has 0 atom stereocenters. The zero-order chi connectivity index (χ0) is 15.5. The molecule has 0 unspecified atom stereocenters. The average Bonchev–Trinajstić information content (AvgIpc) is 2.97. The minimum Gasteiger partial charge on any atom is -0.299 e. The van der Waals surface area contributed by atoms with Gasteiger partial charge < -0.3 is 0 Å². The van der Waals surface area contributed by atoms with Crippen LogP contribution in [0.5, 0.6) is 0 Å². The number of para-hydroxylation sites is 1. The van der Waals surface area contributed by atoms with Crippen molar-refractivity contribution >= 4 is 45.8 Å². The Morgan fingerprint density at radius 3 is 2.68 bits per heavy atom. The van der Waals surface area contributed by atoms with Gasteiger partial charge >= 0.3 is 0 Å². The van der Waals surface area contributed by atoms with Crippen molar-refractivity contribution in [2.24, 2.45) is 7.05 Å². The summed E-state index contributed by atoms with van der Waals surface area (Å²) in [6.07, 6.45) is 0. The molecule has 114 valence electrons. The van der Waals surface area contributed by atoms with Crippen LogP contribution in [0.25, 0.3) is 10.9 Å². The van der Waals surface area contributed by atoms with Crippen molar-refractivity contribution in [2.45, 2.75) is 21.4 Å². The SMILES string of the molecule is CCSc1nnc(SCc2nc3ccccc3c(=O)n2C)s1. The van der Waals surface area contributed by atoms with Crippen molar-refractivity contribution in [3.05, 3.63) is 40.4 Å². The molecule has 0 aliphatic heterocycles. The van der Waals surface area contributed by atoms with Gasteiger partial charge in [-0.15, -0.1) is 10.2 Å². The molecule has 1 aromatic carbocycles. The Bertz CT molecular complexity index is 859. The lowest BCUT2D eigenvalue weighted by molar-refractivity contribution is 0.785. The van der Waals surface area contributed by atoms with Gasteiger partial charge in [0.1, 0.15) is 5.82 Å². The van der Waals surface area contributed by atoms with E-state index in [-0.39, 0.29) is 5.56 Å². The summed E-state index contributed by atoms with van der Waals surface area (Å²) in [5, 5.41) is 8.94. The number of hydrogen-bond donors (Lipinski definition) is 0. The van der Waals surface area contributed by atoms with Crippen LogP contribution in [-0.4, -0.2) is 25.5 Å². The Balaban J connectivity index is 1.84. The summed E-state index contributed by atoms with van der Waals surface area (Å²) in [5.41, 5.74) is 0.724. The van der Waals surface area contributed by atoms with Gasteiger partial charge in [0.2, 0.25) is 0 Å². The van der Waals surface area contributed by atoms with E-state index in [9.17, 15) is 4.79 Å². The first-order valence-electron chi connectivity index (χ1n) is 6.72. The maximum absolute atomic E-state index is 12.3. The van der Waals surface area contributed by atoms with E-state index < -0.39 is 0 Å². The molecule has 3 rings (SSSR count). The average molecular weight is 350 g/mol. The van der Waals surface area contributed by atoms with E-state index in [4.69, 9.17) is 0 Å². The molecule has 0 saturated carbocycles. The van der Waals surface area contributed by atoms with Crippen LogP contribution >= 0.6 is 34.9 Å². The topological polar surface area (TPSA) is 60.7 Å². The number of thioether (sulfide) groups is 2. The number of fused-ring (bicyclic) bond motifs is 1. The summed E-state index contributed by atoms with van der Waals surface area (Å²) in [6, 6.07) is 7.42. The Labute approximate surface area is 140 Å². The molecule has 2 heterocycles. The van der Waals surface area contributed by atoms with Gasteiger partial charge in [-0.05, 0) is 17.9 Å². The molecule has 0 aliphatic carbocycles. The smallest absolute Gasteiger partial charge is 0.261 e. The molecule has 0 fully saturated rings. The number of benzene rings is 1. The monoisotopic (exact) mass is 350 g/mol. The van der Waals surface area contributed by atoms with E-state index in [2.05, 4.69) is 22.1 Å². The molecule has 0 N–H and O–H groups in total. The zero-order valence-electron chi connectivity index (χ0n) is 12.1. The van der Waals surface area contributed by atoms with E-state index in [0.29, 0.717) is 11.1 Å². The van der Waals surface area contributed by atoms with Gasteiger partial charge in [-0.1, -0.05) is 53.9 Å². The molecule has 8 heteroatoms. The normalized spacial score (nSPS) is 11.2. The Kier molecular flexibility index (Phi) is 4.80. The summed E-state index contributed by atoms with van der Waals surface area (Å²) in [6.45, 7) is 2.09. The van der Waals surface area contributed by atoms with Crippen molar-refractivity contribution in [3.8, 4) is 0 Å². The quantitative estimate of drug-likeness (QED) is 0.659. The number of nitrogens with zero attached hydrogens (tertiary/aromatic N) is 4. The predicted octanol–water partition coefficient (Wildman–Crippen LogP) is 3.19. The van der Waals surface area contributed by atoms with Crippen LogP contribution in [0.4, 0.5) is 0 Å². The van der Waals surface area contributed by atoms with E-state index in [1.165, 1.54) is 0 Å². The van der Waals surface area contributed by atoms with Crippen LogP contribution in [-0.2, 0) is 12.8 Å². The van der Waals surface area contributed by atoms with Crippen molar-refractivity contribution in [2.75, 3.05) is 5.75 Å². The lowest BCUT2D eigenvalue weighted by Crippen LogP contribution is -2.21. The molecule has 3 aromatic rings. The minimum absolute atomic E-state index is 0.0132. The molecule has 0 spiro atoms. The number of aromatic nitrogens is 4. The second kappa shape index (κ2) is 6.80. The minimum atomic E-state index is -0.0132. The Morgan fingerprint density at radius 1 is 1.18 bits per heavy atom. The fourth-order valence-corrected chi connectivity index (χ4v) is 4.86. The first-order chi connectivity index (χ1) is 10.7. The predicted molar refractivity (Wildman–Crippen MR) is 92.9 cm³/mol. The molecule has 0 bridgehead atoms. The van der Waals surface area contributed by atoms with Crippen LogP contribution < -0.4 is 5.56 Å². The largest absolute Gasteiger partial charge is 0.299 e. The van der Waals surface area contributed by atoms with Gasteiger partial charge in [-0.25, -0.2) is 4.98 Å². The van der Waals surface area contributed by atoms with Crippen LogP contribution in [0.1, 0.15) is 12.7 Å². The van der Waals surface area contributed by atoms with Gasteiger partial charge in [0.05, 0.1) is 16.7 Å². The van der Waals surface area contributed by atoms with Crippen LogP contribution in [0.15, 0.2) is 37.7 Å². The molecule has 2 aromatic heterocycles. The summed E-state index contributed by atoms with van der Waals surface area (Å²) in [4.78, 5) is 16.9. The van der Waals surface area contributed by atoms with Crippen molar-refractivity contribution in [1.82, 2.24) is 19.7 Å². The van der Waals surface area contributed by atoms with Crippen LogP contribution in [0.3, 0.4) is 0 Å². The first-order valence-corrected chi connectivity index (χ1v) is 9.51. The highest BCUT2D eigenvalue weighted by Gasteiger charge is 2.10. The van der Waals surface area contributed by atoms with E-state index in [1.54, 1.807) is 52.5 Å². The van der Waals surface area contributed by atoms with Crippen molar-refractivity contribution in [1.29, 1.82) is 0 Å². The third kappa shape index (κ3) is 3.18. The summed E-state index contributed by atoms with van der Waals surface area (Å²) >= 11 is 4.83. The van der Waals surface area contributed by atoms with Crippen molar-refractivity contribution in [3.63, 3.8) is 0 Å². The fraction of sp³-hybridized carbons (Fsp3) is 0.286. The maximum atomic E-state index is 12.3. The number of hydrogen-bond acceptors (Lipinski definition) is 7. The highest BCUT2D eigenvalue weighted by atomic mass is 32.2. The van der Waals surface area contributed by atoms with Gasteiger partial charge in [-0.2, -0.15) is 0 Å². The second-order valence-corrected chi connectivity index (χ2v) is 8.18. The van der Waals surface area contributed by atoms with Crippen LogP contribution in [0, 0.1) is 0 Å². The van der Waals surface area contributed by atoms with E-state index in [1.807, 2.05) is 18.2 Å². The lowest BCUT2D eigenvalue weighted by atomic mass is 10.2. The summed E-state index contributed by atoms with van der Waals surface area (Å²) in [5.74, 6) is 2.33.